The van der Waals surface area contributed by atoms with E-state index in [4.69, 9.17) is 4.74 Å². The summed E-state index contributed by atoms with van der Waals surface area (Å²) < 4.78 is 5.16. The van der Waals surface area contributed by atoms with Crippen LogP contribution in [0.1, 0.15) is 44.9 Å². The van der Waals surface area contributed by atoms with Crippen molar-refractivity contribution in [3.05, 3.63) is 0 Å². The van der Waals surface area contributed by atoms with E-state index in [-0.39, 0.29) is 5.92 Å². The van der Waals surface area contributed by atoms with Gasteiger partial charge in [0.25, 0.3) is 0 Å². The second-order valence-corrected chi connectivity index (χ2v) is 5.91. The Labute approximate surface area is 116 Å². The summed E-state index contributed by atoms with van der Waals surface area (Å²) in [6.07, 6.45) is 8.33. The molecule has 1 amide bonds. The Balaban J connectivity index is 1.88. The number of amides is 1. The van der Waals surface area contributed by atoms with Crippen molar-refractivity contribution in [3.8, 4) is 0 Å². The van der Waals surface area contributed by atoms with Crippen LogP contribution in [0.15, 0.2) is 0 Å². The molecule has 4 nitrogen and oxygen atoms in total. The van der Waals surface area contributed by atoms with Crippen molar-refractivity contribution in [2.24, 2.45) is 5.92 Å². The van der Waals surface area contributed by atoms with Crippen LogP contribution in [0.25, 0.3) is 0 Å². The summed E-state index contributed by atoms with van der Waals surface area (Å²) in [4.78, 5) is 14.7. The third-order valence-electron chi connectivity index (χ3n) is 4.43. The van der Waals surface area contributed by atoms with Gasteiger partial charge in [-0.25, -0.2) is 0 Å². The third kappa shape index (κ3) is 4.46. The minimum atomic E-state index is 0.270. The second-order valence-electron chi connectivity index (χ2n) is 5.91. The highest BCUT2D eigenvalue weighted by atomic mass is 16.5. The van der Waals surface area contributed by atoms with Gasteiger partial charge in [-0.2, -0.15) is 0 Å². The molecule has 1 N–H and O–H groups in total. The number of nitrogens with one attached hydrogen (secondary N) is 1. The molecule has 1 saturated heterocycles. The lowest BCUT2D eigenvalue weighted by Gasteiger charge is -2.31. The Kier molecular flexibility index (Phi) is 6.11. The van der Waals surface area contributed by atoms with Gasteiger partial charge in [-0.3, -0.25) is 4.79 Å². The Hall–Kier alpha value is -0.610. The fourth-order valence-electron chi connectivity index (χ4n) is 3.28. The molecule has 1 heterocycles. The first-order chi connectivity index (χ1) is 9.31. The van der Waals surface area contributed by atoms with Crippen LogP contribution in [0.3, 0.4) is 0 Å². The van der Waals surface area contributed by atoms with Gasteiger partial charge in [-0.05, 0) is 32.2 Å². The topological polar surface area (TPSA) is 41.6 Å². The normalized spacial score (nSPS) is 24.6. The quantitative estimate of drug-likeness (QED) is 0.798. The van der Waals surface area contributed by atoms with E-state index in [0.29, 0.717) is 18.6 Å². The molecule has 1 aliphatic heterocycles. The van der Waals surface area contributed by atoms with Crippen molar-refractivity contribution < 1.29 is 9.53 Å². The van der Waals surface area contributed by atoms with Crippen LogP contribution in [0.4, 0.5) is 0 Å². The lowest BCUT2D eigenvalue weighted by molar-refractivity contribution is -0.137. The highest BCUT2D eigenvalue weighted by Crippen LogP contribution is 2.25. The first-order valence-electron chi connectivity index (χ1n) is 7.82. The van der Waals surface area contributed by atoms with Gasteiger partial charge in [-0.15, -0.1) is 0 Å². The van der Waals surface area contributed by atoms with E-state index >= 15 is 0 Å². The van der Waals surface area contributed by atoms with Gasteiger partial charge in [0.1, 0.15) is 0 Å². The molecular formula is C15H28N2O2. The summed E-state index contributed by atoms with van der Waals surface area (Å²) in [5.41, 5.74) is 0. The van der Waals surface area contributed by atoms with E-state index in [0.717, 1.165) is 32.5 Å². The highest BCUT2D eigenvalue weighted by Gasteiger charge is 2.28. The van der Waals surface area contributed by atoms with Crippen LogP contribution in [0.2, 0.25) is 0 Å². The van der Waals surface area contributed by atoms with Gasteiger partial charge in [0.2, 0.25) is 5.91 Å². The monoisotopic (exact) mass is 268 g/mol. The second kappa shape index (κ2) is 7.85. The molecule has 0 aromatic heterocycles. The molecular weight excluding hydrogens is 240 g/mol. The van der Waals surface area contributed by atoms with E-state index < -0.39 is 0 Å². The minimum absolute atomic E-state index is 0.270. The molecule has 0 radical (unpaired) electrons. The van der Waals surface area contributed by atoms with Gasteiger partial charge in [0.15, 0.2) is 0 Å². The van der Waals surface area contributed by atoms with Crippen LogP contribution >= 0.6 is 0 Å². The largest absolute Gasteiger partial charge is 0.383 e. The molecule has 0 bridgehead atoms. The van der Waals surface area contributed by atoms with E-state index in [1.807, 2.05) is 4.90 Å². The maximum Gasteiger partial charge on any atom is 0.225 e. The standard InChI is InChI=1S/C15H28N2O2/c1-19-11-10-17(12-14-8-5-9-16-14)15(18)13-6-3-2-4-7-13/h13-14,16H,2-12H2,1H3. The van der Waals surface area contributed by atoms with Crippen molar-refractivity contribution in [3.63, 3.8) is 0 Å². The Morgan fingerprint density at radius 2 is 2.00 bits per heavy atom. The fraction of sp³-hybridized carbons (Fsp3) is 0.933. The number of ether oxygens (including phenoxy) is 1. The summed E-state index contributed by atoms with van der Waals surface area (Å²) >= 11 is 0. The van der Waals surface area contributed by atoms with E-state index in [9.17, 15) is 4.79 Å². The van der Waals surface area contributed by atoms with Crippen LogP contribution < -0.4 is 5.32 Å². The van der Waals surface area contributed by atoms with Gasteiger partial charge in [0.05, 0.1) is 6.61 Å². The van der Waals surface area contributed by atoms with Crippen molar-refractivity contribution in [2.75, 3.05) is 33.4 Å². The van der Waals surface area contributed by atoms with E-state index in [2.05, 4.69) is 5.32 Å². The first-order valence-corrected chi connectivity index (χ1v) is 7.82. The average molecular weight is 268 g/mol. The summed E-state index contributed by atoms with van der Waals surface area (Å²) in [6.45, 7) is 3.34. The molecule has 2 aliphatic rings. The van der Waals surface area contributed by atoms with Crippen LogP contribution in [0.5, 0.6) is 0 Å². The molecule has 2 fully saturated rings. The number of hydrogen-bond donors (Lipinski definition) is 1. The van der Waals surface area contributed by atoms with Gasteiger partial charge in [0, 0.05) is 32.2 Å². The number of rotatable bonds is 6. The molecule has 1 atom stereocenters. The minimum Gasteiger partial charge on any atom is -0.383 e. The third-order valence-corrected chi connectivity index (χ3v) is 4.43. The van der Waals surface area contributed by atoms with Gasteiger partial charge < -0.3 is 15.0 Å². The molecule has 1 saturated carbocycles. The highest BCUT2D eigenvalue weighted by molar-refractivity contribution is 5.79. The summed E-state index contributed by atoms with van der Waals surface area (Å²) in [5, 5.41) is 3.49. The zero-order chi connectivity index (χ0) is 13.5. The van der Waals surface area contributed by atoms with Gasteiger partial charge >= 0.3 is 0 Å². The number of hydrogen-bond acceptors (Lipinski definition) is 3. The number of methoxy groups -OCH3 is 1. The number of nitrogens with zero attached hydrogens (tertiary/aromatic N) is 1. The maximum atomic E-state index is 12.6. The van der Waals surface area contributed by atoms with Crippen molar-refractivity contribution in [1.82, 2.24) is 10.2 Å². The Morgan fingerprint density at radius 1 is 1.21 bits per heavy atom. The predicted molar refractivity (Wildman–Crippen MR) is 76.1 cm³/mol. The van der Waals surface area contributed by atoms with Crippen LogP contribution in [-0.4, -0.2) is 50.2 Å². The van der Waals surface area contributed by atoms with Gasteiger partial charge in [-0.1, -0.05) is 19.3 Å². The predicted octanol–water partition coefficient (Wildman–Crippen LogP) is 1.79. The lowest BCUT2D eigenvalue weighted by Crippen LogP contribution is -2.45. The molecule has 4 heteroatoms. The maximum absolute atomic E-state index is 12.6. The lowest BCUT2D eigenvalue weighted by atomic mass is 9.88. The zero-order valence-electron chi connectivity index (χ0n) is 12.2. The van der Waals surface area contributed by atoms with Crippen molar-refractivity contribution in [2.45, 2.75) is 51.0 Å². The van der Waals surface area contributed by atoms with Crippen LogP contribution in [0, 0.1) is 5.92 Å². The molecule has 19 heavy (non-hydrogen) atoms. The Morgan fingerprint density at radius 3 is 2.63 bits per heavy atom. The summed E-state index contributed by atoms with van der Waals surface area (Å²) in [7, 11) is 1.71. The number of carbonyl (C=O) groups excluding carboxylic acids is 1. The number of carbonyl (C=O) groups is 1. The van der Waals surface area contributed by atoms with E-state index in [1.165, 1.54) is 32.1 Å². The molecule has 0 aromatic rings. The van der Waals surface area contributed by atoms with E-state index in [1.54, 1.807) is 7.11 Å². The average Bonchev–Trinajstić information content (AvgIpc) is 2.96. The zero-order valence-corrected chi connectivity index (χ0v) is 12.2. The molecule has 0 aromatic carbocycles. The molecule has 0 spiro atoms. The SMILES string of the molecule is COCCN(CC1CCCN1)C(=O)C1CCCCC1. The summed E-state index contributed by atoms with van der Waals surface area (Å²) in [6, 6.07) is 0.490. The van der Waals surface area contributed by atoms with Crippen LogP contribution in [-0.2, 0) is 9.53 Å². The molecule has 2 rings (SSSR count). The molecule has 110 valence electrons. The van der Waals surface area contributed by atoms with Crippen molar-refractivity contribution >= 4 is 5.91 Å². The fourth-order valence-corrected chi connectivity index (χ4v) is 3.28. The smallest absolute Gasteiger partial charge is 0.225 e. The molecule has 1 unspecified atom stereocenters. The Bertz CT molecular complexity index is 271. The molecule has 1 aliphatic carbocycles. The summed E-state index contributed by atoms with van der Waals surface area (Å²) in [5.74, 6) is 0.637. The van der Waals surface area contributed by atoms with Crippen molar-refractivity contribution in [1.29, 1.82) is 0 Å². The first kappa shape index (κ1) is 14.8.